The minimum atomic E-state index is -1.12. The second-order valence-corrected chi connectivity index (χ2v) is 3.58. The van der Waals surface area contributed by atoms with E-state index in [0.717, 1.165) is 23.2 Å². The van der Waals surface area contributed by atoms with Crippen molar-refractivity contribution < 1.29 is 14.7 Å². The Bertz CT molecular complexity index is 413. The van der Waals surface area contributed by atoms with Crippen molar-refractivity contribution in [2.75, 3.05) is 5.32 Å². The summed E-state index contributed by atoms with van der Waals surface area (Å²) in [7, 11) is 0. The first-order chi connectivity index (χ1) is 7.54. The van der Waals surface area contributed by atoms with Crippen molar-refractivity contribution in [1.82, 2.24) is 0 Å². The van der Waals surface area contributed by atoms with Gasteiger partial charge in [-0.2, -0.15) is 0 Å². The summed E-state index contributed by atoms with van der Waals surface area (Å²) in [6, 6.07) is 5.72. The van der Waals surface area contributed by atoms with Gasteiger partial charge in [-0.05, 0) is 24.5 Å². The van der Waals surface area contributed by atoms with Crippen molar-refractivity contribution in [3.05, 3.63) is 29.3 Å². The van der Waals surface area contributed by atoms with Gasteiger partial charge in [0.2, 0.25) is 5.91 Å². The quantitative estimate of drug-likeness (QED) is 0.764. The van der Waals surface area contributed by atoms with Crippen molar-refractivity contribution >= 4 is 17.6 Å². The molecule has 1 rings (SSSR count). The summed E-state index contributed by atoms with van der Waals surface area (Å²) in [5.41, 5.74) is 2.69. The Kier molecular flexibility index (Phi) is 4.05. The third kappa shape index (κ3) is 3.08. The van der Waals surface area contributed by atoms with Crippen molar-refractivity contribution in [2.45, 2.75) is 26.7 Å². The SMILES string of the molecule is CCc1cccc(C)c1NC(=O)CC(=O)O. The van der Waals surface area contributed by atoms with Gasteiger partial charge in [0.15, 0.2) is 0 Å². The second-order valence-electron chi connectivity index (χ2n) is 3.58. The highest BCUT2D eigenvalue weighted by Crippen LogP contribution is 2.21. The number of anilines is 1. The maximum absolute atomic E-state index is 11.4. The molecule has 0 fully saturated rings. The Morgan fingerprint density at radius 2 is 2.06 bits per heavy atom. The lowest BCUT2D eigenvalue weighted by Gasteiger charge is -2.12. The third-order valence-electron chi connectivity index (χ3n) is 2.32. The zero-order chi connectivity index (χ0) is 12.1. The summed E-state index contributed by atoms with van der Waals surface area (Å²) in [5.74, 6) is -1.61. The third-order valence-corrected chi connectivity index (χ3v) is 2.32. The standard InChI is InChI=1S/C12H15NO3/c1-3-9-6-4-5-8(2)12(9)13-10(14)7-11(15)16/h4-6H,3,7H2,1-2H3,(H,13,14)(H,15,16). The van der Waals surface area contributed by atoms with E-state index in [2.05, 4.69) is 5.32 Å². The molecule has 86 valence electrons. The minimum Gasteiger partial charge on any atom is -0.481 e. The Labute approximate surface area is 94.3 Å². The van der Waals surface area contributed by atoms with Crippen LogP contribution in [0.5, 0.6) is 0 Å². The molecule has 1 aromatic rings. The molecule has 0 spiro atoms. The van der Waals surface area contributed by atoms with Gasteiger partial charge in [-0.3, -0.25) is 9.59 Å². The van der Waals surface area contributed by atoms with Crippen LogP contribution in [0.4, 0.5) is 5.69 Å². The van der Waals surface area contributed by atoms with Crippen LogP contribution in [-0.2, 0) is 16.0 Å². The second kappa shape index (κ2) is 5.30. The summed E-state index contributed by atoms with van der Waals surface area (Å²) in [5, 5.41) is 11.1. The van der Waals surface area contributed by atoms with E-state index in [4.69, 9.17) is 5.11 Å². The number of para-hydroxylation sites is 1. The van der Waals surface area contributed by atoms with E-state index in [1.807, 2.05) is 32.0 Å². The number of carbonyl (C=O) groups excluding carboxylic acids is 1. The highest BCUT2D eigenvalue weighted by molar-refractivity contribution is 6.02. The molecule has 1 amide bonds. The molecular weight excluding hydrogens is 206 g/mol. The summed E-state index contributed by atoms with van der Waals surface area (Å²) in [6.07, 6.45) is 0.294. The van der Waals surface area contributed by atoms with Crippen LogP contribution >= 0.6 is 0 Å². The summed E-state index contributed by atoms with van der Waals surface area (Å²) in [4.78, 5) is 21.7. The van der Waals surface area contributed by atoms with Gasteiger partial charge in [0.05, 0.1) is 0 Å². The number of carboxylic acids is 1. The van der Waals surface area contributed by atoms with E-state index in [1.165, 1.54) is 0 Å². The van der Waals surface area contributed by atoms with E-state index in [1.54, 1.807) is 0 Å². The smallest absolute Gasteiger partial charge is 0.312 e. The summed E-state index contributed by atoms with van der Waals surface area (Å²) >= 11 is 0. The molecule has 2 N–H and O–H groups in total. The van der Waals surface area contributed by atoms with Crippen molar-refractivity contribution in [3.63, 3.8) is 0 Å². The van der Waals surface area contributed by atoms with Crippen LogP contribution in [0, 0.1) is 6.92 Å². The Balaban J connectivity index is 2.87. The molecule has 4 heteroatoms. The number of carbonyl (C=O) groups is 2. The van der Waals surface area contributed by atoms with E-state index < -0.39 is 18.3 Å². The number of hydrogen-bond donors (Lipinski definition) is 2. The molecule has 0 aliphatic carbocycles. The van der Waals surface area contributed by atoms with Gasteiger partial charge in [0.25, 0.3) is 0 Å². The highest BCUT2D eigenvalue weighted by Gasteiger charge is 2.11. The fourth-order valence-corrected chi connectivity index (χ4v) is 1.52. The van der Waals surface area contributed by atoms with Crippen LogP contribution in [0.3, 0.4) is 0 Å². The molecule has 0 aliphatic rings. The number of rotatable bonds is 4. The van der Waals surface area contributed by atoms with E-state index >= 15 is 0 Å². The average Bonchev–Trinajstić information content (AvgIpc) is 2.20. The average molecular weight is 221 g/mol. The monoisotopic (exact) mass is 221 g/mol. The Morgan fingerprint density at radius 1 is 1.38 bits per heavy atom. The van der Waals surface area contributed by atoms with Crippen LogP contribution in [0.1, 0.15) is 24.5 Å². The van der Waals surface area contributed by atoms with Crippen molar-refractivity contribution in [2.24, 2.45) is 0 Å². The molecule has 0 aliphatic heterocycles. The predicted octanol–water partition coefficient (Wildman–Crippen LogP) is 1.97. The molecule has 16 heavy (non-hydrogen) atoms. The molecule has 0 aromatic heterocycles. The number of hydrogen-bond acceptors (Lipinski definition) is 2. The maximum Gasteiger partial charge on any atom is 0.312 e. The van der Waals surface area contributed by atoms with Gasteiger partial charge in [0, 0.05) is 5.69 Å². The topological polar surface area (TPSA) is 66.4 Å². The minimum absolute atomic E-state index is 0.489. The Hall–Kier alpha value is -1.84. The van der Waals surface area contributed by atoms with Gasteiger partial charge in [-0.25, -0.2) is 0 Å². The lowest BCUT2D eigenvalue weighted by molar-refractivity contribution is -0.139. The van der Waals surface area contributed by atoms with Crippen LogP contribution in [-0.4, -0.2) is 17.0 Å². The molecule has 0 heterocycles. The molecule has 4 nitrogen and oxygen atoms in total. The van der Waals surface area contributed by atoms with E-state index in [0.29, 0.717) is 0 Å². The lowest BCUT2D eigenvalue weighted by atomic mass is 10.1. The number of carboxylic acid groups (broad SMARTS) is 1. The molecule has 0 bridgehead atoms. The van der Waals surface area contributed by atoms with E-state index in [-0.39, 0.29) is 0 Å². The van der Waals surface area contributed by atoms with Crippen LogP contribution in [0.25, 0.3) is 0 Å². The number of aliphatic carboxylic acids is 1. The number of amides is 1. The molecule has 0 saturated carbocycles. The number of nitrogens with one attached hydrogen (secondary N) is 1. The zero-order valence-corrected chi connectivity index (χ0v) is 9.41. The first kappa shape index (κ1) is 12.2. The summed E-state index contributed by atoms with van der Waals surface area (Å²) < 4.78 is 0. The number of aryl methyl sites for hydroxylation is 2. The molecule has 1 aromatic carbocycles. The first-order valence-electron chi connectivity index (χ1n) is 5.14. The van der Waals surface area contributed by atoms with Crippen LogP contribution < -0.4 is 5.32 Å². The van der Waals surface area contributed by atoms with E-state index in [9.17, 15) is 9.59 Å². The normalized spacial score (nSPS) is 9.88. The lowest BCUT2D eigenvalue weighted by Crippen LogP contribution is -2.17. The molecule has 0 saturated heterocycles. The zero-order valence-electron chi connectivity index (χ0n) is 9.41. The van der Waals surface area contributed by atoms with Gasteiger partial charge in [-0.15, -0.1) is 0 Å². The van der Waals surface area contributed by atoms with Gasteiger partial charge in [-0.1, -0.05) is 25.1 Å². The van der Waals surface area contributed by atoms with Crippen LogP contribution in [0.15, 0.2) is 18.2 Å². The molecule has 0 unspecified atom stereocenters. The van der Waals surface area contributed by atoms with Crippen molar-refractivity contribution in [3.8, 4) is 0 Å². The first-order valence-corrected chi connectivity index (χ1v) is 5.14. The summed E-state index contributed by atoms with van der Waals surface area (Å²) in [6.45, 7) is 3.87. The van der Waals surface area contributed by atoms with Crippen molar-refractivity contribution in [1.29, 1.82) is 0 Å². The van der Waals surface area contributed by atoms with Gasteiger partial charge < -0.3 is 10.4 Å². The predicted molar refractivity (Wildman–Crippen MR) is 61.4 cm³/mol. The number of benzene rings is 1. The van der Waals surface area contributed by atoms with Gasteiger partial charge >= 0.3 is 5.97 Å². The largest absolute Gasteiger partial charge is 0.481 e. The van der Waals surface area contributed by atoms with Crippen LogP contribution in [0.2, 0.25) is 0 Å². The fourth-order valence-electron chi connectivity index (χ4n) is 1.52. The Morgan fingerprint density at radius 3 is 2.62 bits per heavy atom. The molecule has 0 radical (unpaired) electrons. The van der Waals surface area contributed by atoms with Gasteiger partial charge in [0.1, 0.15) is 6.42 Å². The highest BCUT2D eigenvalue weighted by atomic mass is 16.4. The molecular formula is C12H15NO3. The molecule has 0 atom stereocenters. The fraction of sp³-hybridized carbons (Fsp3) is 0.333. The maximum atomic E-state index is 11.4.